The van der Waals surface area contributed by atoms with Gasteiger partial charge in [-0.2, -0.15) is 0 Å². The number of carbonyl (C=O) groups is 1. The molecule has 2 aromatic rings. The Morgan fingerprint density at radius 3 is 2.21 bits per heavy atom. The van der Waals surface area contributed by atoms with Gasteiger partial charge in [-0.3, -0.25) is 9.69 Å². The number of aliphatic carboxylic acids is 1. The Labute approximate surface area is 141 Å². The topological polar surface area (TPSA) is 89.3 Å². The lowest BCUT2D eigenvalue weighted by Gasteiger charge is -2.29. The van der Waals surface area contributed by atoms with Crippen molar-refractivity contribution in [2.45, 2.75) is 19.0 Å². The molecule has 0 amide bonds. The molecule has 24 heavy (non-hydrogen) atoms. The van der Waals surface area contributed by atoms with E-state index >= 15 is 0 Å². The number of hydrogen-bond acceptors (Lipinski definition) is 3. The molecule has 1 atom stereocenters. The predicted molar refractivity (Wildman–Crippen MR) is 92.4 cm³/mol. The van der Waals surface area contributed by atoms with Crippen molar-refractivity contribution in [3.63, 3.8) is 0 Å². The van der Waals surface area contributed by atoms with Gasteiger partial charge >= 0.3 is 5.97 Å². The van der Waals surface area contributed by atoms with Crippen molar-refractivity contribution < 1.29 is 9.90 Å². The molecule has 0 radical (unpaired) electrons. The molecule has 0 saturated heterocycles. The van der Waals surface area contributed by atoms with Crippen molar-refractivity contribution in [1.29, 1.82) is 0 Å². The highest BCUT2D eigenvalue weighted by Gasteiger charge is 2.21. The first-order valence-electron chi connectivity index (χ1n) is 7.73. The van der Waals surface area contributed by atoms with E-state index in [-0.39, 0.29) is 19.1 Å². The molecule has 0 spiro atoms. The number of benzene rings is 2. The number of nitrogens with zero attached hydrogens (tertiary/aromatic N) is 4. The molecular weight excluding hydrogens is 304 g/mol. The summed E-state index contributed by atoms with van der Waals surface area (Å²) in [5, 5.41) is 12.9. The van der Waals surface area contributed by atoms with Gasteiger partial charge in [-0.1, -0.05) is 65.8 Å². The van der Waals surface area contributed by atoms with Crippen LogP contribution in [0.15, 0.2) is 65.8 Å². The molecule has 6 heteroatoms. The van der Waals surface area contributed by atoms with E-state index < -0.39 is 5.97 Å². The maximum Gasteiger partial charge on any atom is 0.317 e. The third kappa shape index (κ3) is 5.76. The van der Waals surface area contributed by atoms with Gasteiger partial charge in [0.1, 0.15) is 0 Å². The van der Waals surface area contributed by atoms with Crippen LogP contribution in [0, 0.1) is 0 Å². The normalized spacial score (nSPS) is 11.7. The fourth-order valence-electron chi connectivity index (χ4n) is 2.63. The summed E-state index contributed by atoms with van der Waals surface area (Å²) in [5.41, 5.74) is 10.8. The second-order valence-electron chi connectivity index (χ2n) is 5.54. The van der Waals surface area contributed by atoms with Crippen molar-refractivity contribution in [1.82, 2.24) is 4.90 Å². The van der Waals surface area contributed by atoms with E-state index in [9.17, 15) is 9.90 Å². The van der Waals surface area contributed by atoms with Crippen LogP contribution in [0.25, 0.3) is 10.4 Å². The minimum Gasteiger partial charge on any atom is -0.480 e. The SMILES string of the molecule is [N-]=[N+]=NCC(Cc1ccccc1)N(CC(=O)O)Cc1ccccc1. The fraction of sp³-hybridized carbons (Fsp3) is 0.278. The van der Waals surface area contributed by atoms with Gasteiger partial charge in [-0.15, -0.1) is 0 Å². The van der Waals surface area contributed by atoms with Crippen molar-refractivity contribution in [3.05, 3.63) is 82.2 Å². The summed E-state index contributed by atoms with van der Waals surface area (Å²) in [5.74, 6) is -0.898. The smallest absolute Gasteiger partial charge is 0.317 e. The maximum absolute atomic E-state index is 11.3. The van der Waals surface area contributed by atoms with Gasteiger partial charge in [0.05, 0.1) is 6.54 Å². The van der Waals surface area contributed by atoms with Crippen LogP contribution in [0.4, 0.5) is 0 Å². The van der Waals surface area contributed by atoms with Crippen LogP contribution in [-0.4, -0.2) is 35.1 Å². The first-order valence-corrected chi connectivity index (χ1v) is 7.73. The zero-order chi connectivity index (χ0) is 17.2. The molecule has 2 rings (SSSR count). The quantitative estimate of drug-likeness (QED) is 0.435. The Morgan fingerprint density at radius 2 is 1.67 bits per heavy atom. The van der Waals surface area contributed by atoms with Gasteiger partial charge < -0.3 is 5.11 Å². The molecule has 0 bridgehead atoms. The number of azide groups is 1. The van der Waals surface area contributed by atoms with Crippen molar-refractivity contribution in [2.75, 3.05) is 13.1 Å². The summed E-state index contributed by atoms with van der Waals surface area (Å²) in [4.78, 5) is 16.0. The maximum atomic E-state index is 11.3. The first kappa shape index (κ1) is 17.5. The predicted octanol–water partition coefficient (Wildman–Crippen LogP) is 3.49. The summed E-state index contributed by atoms with van der Waals surface area (Å²) in [6.45, 7) is 0.616. The Bertz CT molecular complexity index is 637. The molecule has 0 saturated carbocycles. The molecule has 124 valence electrons. The van der Waals surface area contributed by atoms with Gasteiger partial charge in [0, 0.05) is 24.0 Å². The van der Waals surface area contributed by atoms with E-state index in [0.29, 0.717) is 13.0 Å². The molecule has 0 aromatic heterocycles. The second kappa shape index (κ2) is 9.35. The van der Waals surface area contributed by atoms with Crippen LogP contribution < -0.4 is 0 Å². The lowest BCUT2D eigenvalue weighted by Crippen LogP contribution is -2.41. The summed E-state index contributed by atoms with van der Waals surface area (Å²) in [6.07, 6.45) is 0.625. The number of hydrogen-bond donors (Lipinski definition) is 1. The third-order valence-corrected chi connectivity index (χ3v) is 3.75. The average Bonchev–Trinajstić information content (AvgIpc) is 2.59. The van der Waals surface area contributed by atoms with Crippen LogP contribution in [0.2, 0.25) is 0 Å². The van der Waals surface area contributed by atoms with E-state index in [4.69, 9.17) is 5.53 Å². The molecule has 1 unspecified atom stereocenters. The average molecular weight is 324 g/mol. The molecule has 0 aliphatic carbocycles. The molecule has 0 fully saturated rings. The van der Waals surface area contributed by atoms with Crippen molar-refractivity contribution >= 4 is 5.97 Å². The molecule has 6 nitrogen and oxygen atoms in total. The van der Waals surface area contributed by atoms with Gasteiger partial charge in [-0.25, -0.2) is 0 Å². The Kier molecular flexibility index (Phi) is 6.83. The van der Waals surface area contributed by atoms with Gasteiger partial charge in [0.2, 0.25) is 0 Å². The number of carboxylic acids is 1. The molecular formula is C18H20N4O2. The summed E-state index contributed by atoms with van der Waals surface area (Å²) in [7, 11) is 0. The monoisotopic (exact) mass is 324 g/mol. The van der Waals surface area contributed by atoms with Gasteiger partial charge in [0.25, 0.3) is 0 Å². The van der Waals surface area contributed by atoms with Crippen LogP contribution in [0.5, 0.6) is 0 Å². The van der Waals surface area contributed by atoms with E-state index in [2.05, 4.69) is 10.0 Å². The standard InChI is InChI=1S/C18H20N4O2/c19-21-20-12-17(11-15-7-3-1-4-8-15)22(14-18(23)24)13-16-9-5-2-6-10-16/h1-10,17H,11-14H2,(H,23,24). The Balaban J connectivity index is 2.21. The molecule has 0 aliphatic rings. The molecule has 0 heterocycles. The van der Waals surface area contributed by atoms with Gasteiger partial charge in [-0.05, 0) is 23.1 Å². The van der Waals surface area contributed by atoms with Crippen molar-refractivity contribution in [3.8, 4) is 0 Å². The highest BCUT2D eigenvalue weighted by atomic mass is 16.4. The van der Waals surface area contributed by atoms with Crippen LogP contribution in [-0.2, 0) is 17.8 Å². The third-order valence-electron chi connectivity index (χ3n) is 3.75. The van der Waals surface area contributed by atoms with E-state index in [1.165, 1.54) is 0 Å². The minimum absolute atomic E-state index is 0.104. The molecule has 2 aromatic carbocycles. The molecule has 0 aliphatic heterocycles. The lowest BCUT2D eigenvalue weighted by molar-refractivity contribution is -0.139. The van der Waals surface area contributed by atoms with Gasteiger partial charge in [0.15, 0.2) is 0 Å². The Hall–Kier alpha value is -2.82. The summed E-state index contributed by atoms with van der Waals surface area (Å²) < 4.78 is 0. The summed E-state index contributed by atoms with van der Waals surface area (Å²) in [6, 6.07) is 19.3. The zero-order valence-corrected chi connectivity index (χ0v) is 13.3. The van der Waals surface area contributed by atoms with E-state index in [1.54, 1.807) is 0 Å². The highest BCUT2D eigenvalue weighted by molar-refractivity contribution is 5.69. The van der Waals surface area contributed by atoms with Crippen molar-refractivity contribution in [2.24, 2.45) is 5.11 Å². The Morgan fingerprint density at radius 1 is 1.08 bits per heavy atom. The lowest BCUT2D eigenvalue weighted by atomic mass is 10.0. The minimum atomic E-state index is -0.898. The van der Waals surface area contributed by atoms with Crippen LogP contribution in [0.1, 0.15) is 11.1 Å². The van der Waals surface area contributed by atoms with Crippen LogP contribution >= 0.6 is 0 Å². The number of carboxylic acid groups (broad SMARTS) is 1. The zero-order valence-electron chi connectivity index (χ0n) is 13.3. The fourth-order valence-corrected chi connectivity index (χ4v) is 2.63. The van der Waals surface area contributed by atoms with Crippen LogP contribution in [0.3, 0.4) is 0 Å². The van der Waals surface area contributed by atoms with E-state index in [1.807, 2.05) is 65.6 Å². The number of rotatable bonds is 9. The summed E-state index contributed by atoms with van der Waals surface area (Å²) >= 11 is 0. The molecule has 1 N–H and O–H groups in total. The largest absolute Gasteiger partial charge is 0.480 e. The highest BCUT2D eigenvalue weighted by Crippen LogP contribution is 2.14. The first-order chi connectivity index (χ1) is 11.7. The van der Waals surface area contributed by atoms with E-state index in [0.717, 1.165) is 11.1 Å². The second-order valence-corrected chi connectivity index (χ2v) is 5.54.